The molecule has 0 aromatic rings. The number of hydrogen-bond acceptors (Lipinski definition) is 1. The molecule has 0 aromatic heterocycles. The third-order valence-corrected chi connectivity index (χ3v) is 0.600. The molecule has 8 heavy (non-hydrogen) atoms. The molecule has 0 aliphatic carbocycles. The molecule has 1 nitrogen and oxygen atoms in total. The van der Waals surface area contributed by atoms with E-state index in [0.717, 1.165) is 0 Å². The number of hydrogen-bond donors (Lipinski definition) is 1. The van der Waals surface area contributed by atoms with E-state index in [9.17, 15) is 0 Å². The Balaban J connectivity index is 3.50. The van der Waals surface area contributed by atoms with Crippen molar-refractivity contribution in [3.05, 3.63) is 0 Å². The van der Waals surface area contributed by atoms with Crippen molar-refractivity contribution in [2.24, 2.45) is 11.7 Å². The molecule has 0 rings (SSSR count). The minimum absolute atomic E-state index is 0.0254. The lowest BCUT2D eigenvalue weighted by Gasteiger charge is -1.90. The zero-order valence-corrected chi connectivity index (χ0v) is 5.73. The minimum Gasteiger partial charge on any atom is -0.318 e. The first kappa shape index (κ1) is 7.52. The van der Waals surface area contributed by atoms with Crippen LogP contribution in [0.25, 0.3) is 0 Å². The molecule has 2 N–H and O–H groups in total. The maximum atomic E-state index is 5.37. The van der Waals surface area contributed by atoms with Gasteiger partial charge in [0.05, 0.1) is 6.04 Å². The van der Waals surface area contributed by atoms with E-state index < -0.39 is 0 Å². The fourth-order valence-electron chi connectivity index (χ4n) is 0.298. The summed E-state index contributed by atoms with van der Waals surface area (Å²) in [5, 5.41) is 0. The van der Waals surface area contributed by atoms with Crippen molar-refractivity contribution in [1.82, 2.24) is 0 Å². The molecular weight excluding hydrogens is 98.1 g/mol. The highest BCUT2D eigenvalue weighted by Gasteiger charge is 1.83. The Hall–Kier alpha value is -0.480. The molecule has 1 heteroatoms. The summed E-state index contributed by atoms with van der Waals surface area (Å²) in [4.78, 5) is 0. The van der Waals surface area contributed by atoms with E-state index in [1.165, 1.54) is 0 Å². The van der Waals surface area contributed by atoms with Gasteiger partial charge in [0.1, 0.15) is 0 Å². The predicted octanol–water partition coefficient (Wildman–Crippen LogP) is 0.993. The highest BCUT2D eigenvalue weighted by Crippen LogP contribution is 1.85. The Kier molecular flexibility index (Phi) is 3.30. The molecule has 0 amide bonds. The molecule has 0 fully saturated rings. The van der Waals surface area contributed by atoms with Gasteiger partial charge in [-0.15, -0.1) is 0 Å². The van der Waals surface area contributed by atoms with Gasteiger partial charge in [-0.2, -0.15) is 0 Å². The van der Waals surface area contributed by atoms with Gasteiger partial charge in [-0.3, -0.25) is 0 Å². The van der Waals surface area contributed by atoms with Gasteiger partial charge in [0, 0.05) is 5.92 Å². The average molecular weight is 111 g/mol. The van der Waals surface area contributed by atoms with Crippen LogP contribution in [0.4, 0.5) is 0 Å². The van der Waals surface area contributed by atoms with Crippen LogP contribution in [0.3, 0.4) is 0 Å². The molecule has 0 heterocycles. The largest absolute Gasteiger partial charge is 0.318 e. The Morgan fingerprint density at radius 1 is 1.12 bits per heavy atom. The van der Waals surface area contributed by atoms with Crippen LogP contribution in [0, 0.1) is 17.8 Å². The van der Waals surface area contributed by atoms with Gasteiger partial charge in [-0.1, -0.05) is 25.7 Å². The van der Waals surface area contributed by atoms with Crippen LogP contribution in [0.1, 0.15) is 20.8 Å². The van der Waals surface area contributed by atoms with E-state index in [1.807, 2.05) is 6.92 Å². The summed E-state index contributed by atoms with van der Waals surface area (Å²) >= 11 is 0. The standard InChI is InChI=1S/C7H13N/c1-6(2)4-5-7(3)8/h6-7H,8H2,1-3H3/t7-/m0/s1. The first-order valence-corrected chi connectivity index (χ1v) is 2.89. The fraction of sp³-hybridized carbons (Fsp3) is 0.714. The summed E-state index contributed by atoms with van der Waals surface area (Å²) in [5.74, 6) is 6.29. The molecular formula is C7H13N. The van der Waals surface area contributed by atoms with Crippen LogP contribution >= 0.6 is 0 Å². The zero-order valence-electron chi connectivity index (χ0n) is 5.73. The SMILES string of the molecule is CC(C)C#C[C@H](C)N. The molecule has 0 aliphatic heterocycles. The molecule has 0 radical (unpaired) electrons. The second kappa shape index (κ2) is 3.51. The molecule has 1 atom stereocenters. The third-order valence-electron chi connectivity index (χ3n) is 0.600. The molecule has 0 saturated carbocycles. The maximum absolute atomic E-state index is 5.37. The normalized spacial score (nSPS) is 12.6. The van der Waals surface area contributed by atoms with Gasteiger partial charge in [0.2, 0.25) is 0 Å². The van der Waals surface area contributed by atoms with Gasteiger partial charge in [-0.25, -0.2) is 0 Å². The zero-order chi connectivity index (χ0) is 6.57. The lowest BCUT2D eigenvalue weighted by Crippen LogP contribution is -2.11. The number of rotatable bonds is 0. The summed E-state index contributed by atoms with van der Waals surface area (Å²) in [6.07, 6.45) is 0. The maximum Gasteiger partial charge on any atom is 0.0636 e. The van der Waals surface area contributed by atoms with Crippen molar-refractivity contribution < 1.29 is 0 Å². The van der Waals surface area contributed by atoms with Gasteiger partial charge in [0.25, 0.3) is 0 Å². The van der Waals surface area contributed by atoms with Crippen LogP contribution < -0.4 is 5.73 Å². The van der Waals surface area contributed by atoms with Gasteiger partial charge >= 0.3 is 0 Å². The smallest absolute Gasteiger partial charge is 0.0636 e. The van der Waals surface area contributed by atoms with Crippen molar-refractivity contribution in [1.29, 1.82) is 0 Å². The van der Waals surface area contributed by atoms with E-state index in [2.05, 4.69) is 25.7 Å². The summed E-state index contributed by atoms with van der Waals surface area (Å²) in [6.45, 7) is 5.99. The van der Waals surface area contributed by atoms with E-state index >= 15 is 0 Å². The topological polar surface area (TPSA) is 26.0 Å². The average Bonchev–Trinajstić information content (AvgIpc) is 1.61. The summed E-state index contributed by atoms with van der Waals surface area (Å²) < 4.78 is 0. The van der Waals surface area contributed by atoms with Crippen LogP contribution in [-0.4, -0.2) is 6.04 Å². The Morgan fingerprint density at radius 2 is 1.62 bits per heavy atom. The first-order chi connectivity index (χ1) is 3.63. The summed E-state index contributed by atoms with van der Waals surface area (Å²) in [6, 6.07) is 0.0254. The van der Waals surface area contributed by atoms with E-state index in [-0.39, 0.29) is 6.04 Å². The van der Waals surface area contributed by atoms with Crippen molar-refractivity contribution in [2.75, 3.05) is 0 Å². The first-order valence-electron chi connectivity index (χ1n) is 2.89. The second-order valence-corrected chi connectivity index (χ2v) is 2.23. The molecule has 46 valence electrons. The second-order valence-electron chi connectivity index (χ2n) is 2.23. The van der Waals surface area contributed by atoms with E-state index in [4.69, 9.17) is 5.73 Å². The highest BCUT2D eigenvalue weighted by atomic mass is 14.6. The lowest BCUT2D eigenvalue weighted by molar-refractivity contribution is 0.857. The van der Waals surface area contributed by atoms with Gasteiger partial charge < -0.3 is 5.73 Å². The van der Waals surface area contributed by atoms with Crippen molar-refractivity contribution in [3.63, 3.8) is 0 Å². The molecule has 0 saturated heterocycles. The summed E-state index contributed by atoms with van der Waals surface area (Å²) in [7, 11) is 0. The van der Waals surface area contributed by atoms with Crippen molar-refractivity contribution in [2.45, 2.75) is 26.8 Å². The van der Waals surface area contributed by atoms with Crippen LogP contribution in [-0.2, 0) is 0 Å². The molecule has 0 aromatic carbocycles. The van der Waals surface area contributed by atoms with Gasteiger partial charge in [0.15, 0.2) is 0 Å². The highest BCUT2D eigenvalue weighted by molar-refractivity contribution is 5.06. The quantitative estimate of drug-likeness (QED) is 0.463. The lowest BCUT2D eigenvalue weighted by atomic mass is 10.2. The van der Waals surface area contributed by atoms with Gasteiger partial charge in [-0.05, 0) is 6.92 Å². The summed E-state index contributed by atoms with van der Waals surface area (Å²) in [5.41, 5.74) is 5.37. The van der Waals surface area contributed by atoms with Crippen molar-refractivity contribution >= 4 is 0 Å². The Bertz CT molecular complexity index is 91.3. The third kappa shape index (κ3) is 5.52. The molecule has 0 aliphatic rings. The Morgan fingerprint density at radius 3 is 1.75 bits per heavy atom. The van der Waals surface area contributed by atoms with Crippen molar-refractivity contribution in [3.8, 4) is 11.8 Å². The Labute approximate surface area is 51.3 Å². The van der Waals surface area contributed by atoms with Crippen LogP contribution in [0.2, 0.25) is 0 Å². The predicted molar refractivity (Wildman–Crippen MR) is 36.3 cm³/mol. The minimum atomic E-state index is 0.0254. The fourth-order valence-corrected chi connectivity index (χ4v) is 0.298. The van der Waals surface area contributed by atoms with Crippen LogP contribution in [0.15, 0.2) is 0 Å². The molecule has 0 bridgehead atoms. The monoisotopic (exact) mass is 111 g/mol. The van der Waals surface area contributed by atoms with E-state index in [1.54, 1.807) is 0 Å². The molecule has 0 unspecified atom stereocenters. The van der Waals surface area contributed by atoms with Crippen LogP contribution in [0.5, 0.6) is 0 Å². The number of nitrogens with two attached hydrogens (primary N) is 1. The molecule has 0 spiro atoms. The van der Waals surface area contributed by atoms with E-state index in [0.29, 0.717) is 5.92 Å².